The number of benzene rings is 2. The minimum absolute atomic E-state index is 0.0312. The van der Waals surface area contributed by atoms with Gasteiger partial charge in [-0.05, 0) is 23.0 Å². The van der Waals surface area contributed by atoms with E-state index >= 15 is 0 Å². The topological polar surface area (TPSA) is 110 Å². The first-order valence-electron chi connectivity index (χ1n) is 9.76. The first-order valence-corrected chi connectivity index (χ1v) is 9.76. The van der Waals surface area contributed by atoms with Crippen molar-refractivity contribution in [3.05, 3.63) is 62.7 Å². The SMILES string of the molecule is CC(C)c1cccc(C(C)C)c1N1C(=O)c2cc(OCCO)c([N+](=O)[O-])cc2C1=O. The van der Waals surface area contributed by atoms with Gasteiger partial charge in [0.25, 0.3) is 11.8 Å². The van der Waals surface area contributed by atoms with Gasteiger partial charge in [-0.3, -0.25) is 19.7 Å². The fraction of sp³-hybridized carbons (Fsp3) is 0.364. The highest BCUT2D eigenvalue weighted by molar-refractivity contribution is 6.35. The van der Waals surface area contributed by atoms with Crippen LogP contribution in [0.2, 0.25) is 0 Å². The Hall–Kier alpha value is -3.26. The number of aliphatic hydroxyl groups is 1. The van der Waals surface area contributed by atoms with Gasteiger partial charge in [0.15, 0.2) is 5.75 Å². The van der Waals surface area contributed by atoms with Crippen molar-refractivity contribution in [1.82, 2.24) is 0 Å². The largest absolute Gasteiger partial charge is 0.484 e. The molecule has 2 aromatic carbocycles. The molecule has 0 fully saturated rings. The Morgan fingerprint density at radius 1 is 1.03 bits per heavy atom. The summed E-state index contributed by atoms with van der Waals surface area (Å²) in [5.74, 6) is -1.19. The van der Waals surface area contributed by atoms with Crippen LogP contribution >= 0.6 is 0 Å². The molecule has 2 aromatic rings. The fourth-order valence-corrected chi connectivity index (χ4v) is 3.64. The maximum absolute atomic E-state index is 13.3. The summed E-state index contributed by atoms with van der Waals surface area (Å²) in [6.07, 6.45) is 0. The van der Waals surface area contributed by atoms with Crippen LogP contribution in [0, 0.1) is 10.1 Å². The molecule has 0 aliphatic carbocycles. The number of amides is 2. The second-order valence-corrected chi connectivity index (χ2v) is 7.73. The highest BCUT2D eigenvalue weighted by Crippen LogP contribution is 2.41. The minimum atomic E-state index is -0.672. The first-order chi connectivity index (χ1) is 14.2. The smallest absolute Gasteiger partial charge is 0.311 e. The third-order valence-corrected chi connectivity index (χ3v) is 5.08. The highest BCUT2D eigenvalue weighted by Gasteiger charge is 2.41. The number of carbonyl (C=O) groups excluding carboxylic acids is 2. The summed E-state index contributed by atoms with van der Waals surface area (Å²) in [6, 6.07) is 7.96. The molecule has 1 aliphatic rings. The molecule has 1 aliphatic heterocycles. The molecule has 0 aromatic heterocycles. The molecule has 8 nitrogen and oxygen atoms in total. The molecular formula is C22H24N2O6. The number of hydrogen-bond donors (Lipinski definition) is 1. The molecule has 0 spiro atoms. The standard InChI is InChI=1S/C22H24N2O6/c1-12(2)14-6-5-7-15(13(3)4)20(14)23-21(26)16-10-18(24(28)29)19(30-9-8-25)11-17(16)22(23)27/h5-7,10-13,25H,8-9H2,1-4H3. The summed E-state index contributed by atoms with van der Waals surface area (Å²) in [7, 11) is 0. The number of aliphatic hydroxyl groups excluding tert-OH is 1. The lowest BCUT2D eigenvalue weighted by Gasteiger charge is -2.25. The Kier molecular flexibility index (Phi) is 5.89. The van der Waals surface area contributed by atoms with E-state index in [4.69, 9.17) is 9.84 Å². The van der Waals surface area contributed by atoms with Crippen molar-refractivity contribution in [3.8, 4) is 5.75 Å². The Morgan fingerprint density at radius 2 is 1.57 bits per heavy atom. The van der Waals surface area contributed by atoms with Gasteiger partial charge in [0.2, 0.25) is 0 Å². The Labute approximate surface area is 174 Å². The molecule has 158 valence electrons. The van der Waals surface area contributed by atoms with Gasteiger partial charge in [-0.25, -0.2) is 4.90 Å². The molecule has 0 bridgehead atoms. The molecule has 0 saturated heterocycles. The predicted molar refractivity (Wildman–Crippen MR) is 111 cm³/mol. The van der Waals surface area contributed by atoms with E-state index in [0.717, 1.165) is 22.1 Å². The maximum atomic E-state index is 13.3. The molecule has 1 N–H and O–H groups in total. The average molecular weight is 412 g/mol. The predicted octanol–water partition coefficient (Wildman–Crippen LogP) is 4.01. The number of ether oxygens (including phenoxy) is 1. The zero-order valence-corrected chi connectivity index (χ0v) is 17.3. The van der Waals surface area contributed by atoms with E-state index in [1.807, 2.05) is 45.9 Å². The number of nitrogens with zero attached hydrogens (tertiary/aromatic N) is 2. The Morgan fingerprint density at radius 3 is 2.03 bits per heavy atom. The molecule has 0 unspecified atom stereocenters. The number of fused-ring (bicyclic) bond motifs is 1. The Balaban J connectivity index is 2.20. The summed E-state index contributed by atoms with van der Waals surface area (Å²) in [5.41, 5.74) is 1.83. The lowest BCUT2D eigenvalue weighted by atomic mass is 9.92. The van der Waals surface area contributed by atoms with Crippen LogP contribution in [0.25, 0.3) is 0 Å². The van der Waals surface area contributed by atoms with Crippen LogP contribution in [0.4, 0.5) is 11.4 Å². The lowest BCUT2D eigenvalue weighted by molar-refractivity contribution is -0.385. The van der Waals surface area contributed by atoms with Crippen LogP contribution in [0.1, 0.15) is 71.4 Å². The number of nitro benzene ring substituents is 1. The van der Waals surface area contributed by atoms with Crippen molar-refractivity contribution in [2.45, 2.75) is 39.5 Å². The van der Waals surface area contributed by atoms with Crippen molar-refractivity contribution < 1.29 is 24.4 Å². The number of nitro groups is 1. The average Bonchev–Trinajstić information content (AvgIpc) is 2.94. The lowest BCUT2D eigenvalue weighted by Crippen LogP contribution is -2.31. The van der Waals surface area contributed by atoms with E-state index in [1.54, 1.807) is 0 Å². The van der Waals surface area contributed by atoms with Crippen LogP contribution in [0.15, 0.2) is 30.3 Å². The van der Waals surface area contributed by atoms with Gasteiger partial charge >= 0.3 is 5.69 Å². The zero-order valence-electron chi connectivity index (χ0n) is 17.3. The van der Waals surface area contributed by atoms with E-state index in [-0.39, 0.29) is 41.9 Å². The summed E-state index contributed by atoms with van der Waals surface area (Å²) < 4.78 is 5.25. The molecule has 8 heteroatoms. The van der Waals surface area contributed by atoms with Gasteiger partial charge in [0, 0.05) is 12.1 Å². The van der Waals surface area contributed by atoms with Crippen molar-refractivity contribution >= 4 is 23.2 Å². The van der Waals surface area contributed by atoms with Gasteiger partial charge in [0.05, 0.1) is 28.3 Å². The minimum Gasteiger partial charge on any atom is -0.484 e. The normalized spacial score (nSPS) is 13.4. The molecule has 30 heavy (non-hydrogen) atoms. The second kappa shape index (κ2) is 8.23. The van der Waals surface area contributed by atoms with Crippen LogP contribution in [0.5, 0.6) is 5.75 Å². The first kappa shape index (κ1) is 21.4. The number of para-hydroxylation sites is 1. The van der Waals surface area contributed by atoms with Gasteiger partial charge in [-0.1, -0.05) is 45.9 Å². The second-order valence-electron chi connectivity index (χ2n) is 7.73. The molecule has 1 heterocycles. The third kappa shape index (κ3) is 3.54. The van der Waals surface area contributed by atoms with Crippen molar-refractivity contribution in [2.24, 2.45) is 0 Å². The van der Waals surface area contributed by atoms with Crippen molar-refractivity contribution in [3.63, 3.8) is 0 Å². The van der Waals surface area contributed by atoms with Crippen molar-refractivity contribution in [1.29, 1.82) is 0 Å². The fourth-order valence-electron chi connectivity index (χ4n) is 3.64. The molecule has 3 rings (SSSR count). The number of carbonyl (C=O) groups is 2. The summed E-state index contributed by atoms with van der Waals surface area (Å²) in [4.78, 5) is 38.5. The third-order valence-electron chi connectivity index (χ3n) is 5.08. The molecule has 0 atom stereocenters. The van der Waals surface area contributed by atoms with E-state index in [1.165, 1.54) is 6.07 Å². The molecule has 2 amide bonds. The number of hydrogen-bond acceptors (Lipinski definition) is 6. The Bertz CT molecular complexity index is 1000. The summed E-state index contributed by atoms with van der Waals surface area (Å²) in [6.45, 7) is 7.41. The number of imide groups is 1. The quantitative estimate of drug-likeness (QED) is 0.418. The summed E-state index contributed by atoms with van der Waals surface area (Å²) in [5, 5.41) is 20.4. The van der Waals surface area contributed by atoms with E-state index in [2.05, 4.69) is 0 Å². The monoisotopic (exact) mass is 412 g/mol. The highest BCUT2D eigenvalue weighted by atomic mass is 16.6. The zero-order chi connectivity index (χ0) is 22.2. The maximum Gasteiger partial charge on any atom is 0.311 e. The van der Waals surface area contributed by atoms with Crippen LogP contribution < -0.4 is 9.64 Å². The van der Waals surface area contributed by atoms with Crippen LogP contribution in [-0.4, -0.2) is 35.1 Å². The number of anilines is 1. The van der Waals surface area contributed by atoms with Crippen LogP contribution in [-0.2, 0) is 0 Å². The van der Waals surface area contributed by atoms with Gasteiger partial charge in [-0.2, -0.15) is 0 Å². The number of rotatable bonds is 7. The van der Waals surface area contributed by atoms with Crippen molar-refractivity contribution in [2.75, 3.05) is 18.1 Å². The molecular weight excluding hydrogens is 388 g/mol. The van der Waals surface area contributed by atoms with E-state index in [9.17, 15) is 19.7 Å². The van der Waals surface area contributed by atoms with Gasteiger partial charge in [0.1, 0.15) is 6.61 Å². The molecule has 0 radical (unpaired) electrons. The van der Waals surface area contributed by atoms with E-state index < -0.39 is 22.4 Å². The summed E-state index contributed by atoms with van der Waals surface area (Å²) >= 11 is 0. The van der Waals surface area contributed by atoms with Crippen LogP contribution in [0.3, 0.4) is 0 Å². The van der Waals surface area contributed by atoms with Gasteiger partial charge < -0.3 is 9.84 Å². The van der Waals surface area contributed by atoms with Gasteiger partial charge in [-0.15, -0.1) is 0 Å². The van der Waals surface area contributed by atoms with E-state index in [0.29, 0.717) is 5.69 Å². The molecule has 0 saturated carbocycles.